The maximum Gasteiger partial charge on any atom is 0.277 e. The van der Waals surface area contributed by atoms with E-state index in [0.717, 1.165) is 0 Å². The summed E-state index contributed by atoms with van der Waals surface area (Å²) < 4.78 is 4.96. The molecule has 21 heavy (non-hydrogen) atoms. The number of carbonyl (C=O) groups excluding carboxylic acids is 1. The summed E-state index contributed by atoms with van der Waals surface area (Å²) >= 11 is 4.75. The molecule has 0 aliphatic carbocycles. The predicted molar refractivity (Wildman–Crippen MR) is 79.3 cm³/mol. The molecule has 0 bridgehead atoms. The van der Waals surface area contributed by atoms with Crippen molar-refractivity contribution in [1.82, 2.24) is 9.97 Å². The minimum Gasteiger partial charge on any atom is -0.504 e. The van der Waals surface area contributed by atoms with Gasteiger partial charge in [0.15, 0.2) is 16.3 Å². The molecule has 0 saturated carbocycles. The van der Waals surface area contributed by atoms with Crippen LogP contribution in [0, 0.1) is 4.77 Å². The smallest absolute Gasteiger partial charge is 0.277 e. The van der Waals surface area contributed by atoms with Crippen molar-refractivity contribution in [2.24, 2.45) is 0 Å². The molecule has 0 aliphatic rings. The number of nitrogen functional groups attached to an aromatic ring is 1. The van der Waals surface area contributed by atoms with Crippen molar-refractivity contribution >= 4 is 29.6 Å². The van der Waals surface area contributed by atoms with E-state index in [4.69, 9.17) is 22.7 Å². The number of hydrogen-bond donors (Lipinski definition) is 5. The molecule has 1 amide bonds. The van der Waals surface area contributed by atoms with Gasteiger partial charge in [-0.1, -0.05) is 0 Å². The molecule has 0 aliphatic heterocycles. The highest BCUT2D eigenvalue weighted by Gasteiger charge is 2.14. The summed E-state index contributed by atoms with van der Waals surface area (Å²) in [5, 5.41) is 11.8. The third kappa shape index (κ3) is 3.03. The molecule has 0 saturated heterocycles. The first-order valence-electron chi connectivity index (χ1n) is 5.73. The summed E-state index contributed by atoms with van der Waals surface area (Å²) in [5.41, 5.74) is 5.04. The molecule has 0 unspecified atom stereocenters. The number of nitrogens with one attached hydrogen (secondary N) is 3. The van der Waals surface area contributed by atoms with Crippen LogP contribution in [0.5, 0.6) is 11.5 Å². The zero-order valence-electron chi connectivity index (χ0n) is 10.9. The van der Waals surface area contributed by atoms with Gasteiger partial charge in [-0.3, -0.25) is 14.6 Å². The zero-order valence-corrected chi connectivity index (χ0v) is 11.7. The second-order valence-electron chi connectivity index (χ2n) is 4.04. The minimum atomic E-state index is -0.615. The van der Waals surface area contributed by atoms with E-state index in [1.165, 1.54) is 25.3 Å². The maximum absolute atomic E-state index is 12.1. The zero-order chi connectivity index (χ0) is 15.6. The Hall–Kier alpha value is -2.81. The molecule has 0 fully saturated rings. The Morgan fingerprint density at radius 1 is 1.43 bits per heavy atom. The molecule has 1 aromatic heterocycles. The van der Waals surface area contributed by atoms with Crippen molar-refractivity contribution in [1.29, 1.82) is 0 Å². The third-order valence-corrected chi connectivity index (χ3v) is 2.86. The van der Waals surface area contributed by atoms with Gasteiger partial charge in [-0.25, -0.2) is 0 Å². The lowest BCUT2D eigenvalue weighted by Gasteiger charge is -2.08. The SMILES string of the molecule is COc1cc(C(=O)Nc2c(N)[nH]c(=S)[nH]c2=O)ccc1O. The quantitative estimate of drug-likeness (QED) is 0.537. The van der Waals surface area contributed by atoms with Crippen LogP contribution in [0.1, 0.15) is 10.4 Å². The molecule has 8 nitrogen and oxygen atoms in total. The fraction of sp³-hybridized carbons (Fsp3) is 0.0833. The number of carbonyl (C=O) groups is 1. The van der Waals surface area contributed by atoms with Gasteiger partial charge in [0.1, 0.15) is 11.5 Å². The molecule has 0 atom stereocenters. The van der Waals surface area contributed by atoms with E-state index in [2.05, 4.69) is 15.3 Å². The number of aromatic nitrogens is 2. The van der Waals surface area contributed by atoms with Gasteiger partial charge in [-0.2, -0.15) is 0 Å². The van der Waals surface area contributed by atoms with Crippen LogP contribution in [0.15, 0.2) is 23.0 Å². The lowest BCUT2D eigenvalue weighted by atomic mass is 10.2. The summed E-state index contributed by atoms with van der Waals surface area (Å²) in [6.07, 6.45) is 0. The largest absolute Gasteiger partial charge is 0.504 e. The van der Waals surface area contributed by atoms with Crippen molar-refractivity contribution in [3.8, 4) is 11.5 Å². The number of nitrogens with two attached hydrogens (primary N) is 1. The number of aromatic hydroxyl groups is 1. The summed E-state index contributed by atoms with van der Waals surface area (Å²) in [6.45, 7) is 0. The lowest BCUT2D eigenvalue weighted by Crippen LogP contribution is -2.22. The van der Waals surface area contributed by atoms with Crippen LogP contribution >= 0.6 is 12.2 Å². The van der Waals surface area contributed by atoms with Crippen molar-refractivity contribution < 1.29 is 14.6 Å². The summed E-state index contributed by atoms with van der Waals surface area (Å²) in [6, 6.07) is 4.02. The number of phenolic OH excluding ortho intramolecular Hbond substituents is 1. The summed E-state index contributed by atoms with van der Waals surface area (Å²) in [5.74, 6) is -0.605. The maximum atomic E-state index is 12.1. The first-order chi connectivity index (χ1) is 9.92. The van der Waals surface area contributed by atoms with Gasteiger partial charge >= 0.3 is 0 Å². The minimum absolute atomic E-state index is 0.0529. The molecule has 2 aromatic rings. The van der Waals surface area contributed by atoms with Gasteiger partial charge in [0.05, 0.1) is 7.11 Å². The standard InChI is InChI=1S/C12H12N4O4S/c1-20-7-4-5(2-3-6(7)17)10(18)14-8-9(13)15-12(21)16-11(8)19/h2-4,17H,1H3,(H,14,18)(H4,13,15,16,19,21). The second kappa shape index (κ2) is 5.67. The van der Waals surface area contributed by atoms with E-state index in [1.54, 1.807) is 0 Å². The fourth-order valence-electron chi connectivity index (χ4n) is 1.63. The van der Waals surface area contributed by atoms with Gasteiger partial charge in [0.25, 0.3) is 11.5 Å². The molecule has 9 heteroatoms. The number of rotatable bonds is 3. The fourth-order valence-corrected chi connectivity index (χ4v) is 1.84. The predicted octanol–water partition coefficient (Wildman–Crippen LogP) is 0.981. The monoisotopic (exact) mass is 308 g/mol. The number of H-pyrrole nitrogens is 2. The molecular weight excluding hydrogens is 296 g/mol. The number of ether oxygens (including phenoxy) is 1. The number of aromatic amines is 2. The number of phenols is 1. The first-order valence-corrected chi connectivity index (χ1v) is 6.13. The van der Waals surface area contributed by atoms with E-state index in [-0.39, 0.29) is 33.3 Å². The normalized spacial score (nSPS) is 10.1. The van der Waals surface area contributed by atoms with Crippen molar-refractivity contribution in [2.45, 2.75) is 0 Å². The second-order valence-corrected chi connectivity index (χ2v) is 4.45. The number of hydrogen-bond acceptors (Lipinski definition) is 6. The number of methoxy groups -OCH3 is 1. The number of anilines is 2. The topological polar surface area (TPSA) is 133 Å². The molecule has 6 N–H and O–H groups in total. The highest BCUT2D eigenvalue weighted by molar-refractivity contribution is 7.71. The van der Waals surface area contributed by atoms with Crippen LogP contribution in [0.2, 0.25) is 0 Å². The Morgan fingerprint density at radius 2 is 2.14 bits per heavy atom. The molecule has 1 heterocycles. The lowest BCUT2D eigenvalue weighted by molar-refractivity contribution is 0.102. The number of benzene rings is 1. The van der Waals surface area contributed by atoms with Crippen molar-refractivity contribution in [3.63, 3.8) is 0 Å². The van der Waals surface area contributed by atoms with Crippen molar-refractivity contribution in [2.75, 3.05) is 18.2 Å². The van der Waals surface area contributed by atoms with Gasteiger partial charge in [-0.15, -0.1) is 0 Å². The first kappa shape index (κ1) is 14.6. The van der Waals surface area contributed by atoms with Gasteiger partial charge in [-0.05, 0) is 30.4 Å². The molecular formula is C12H12N4O4S. The highest BCUT2D eigenvalue weighted by Crippen LogP contribution is 2.26. The molecule has 2 rings (SSSR count). The van der Waals surface area contributed by atoms with Gasteiger partial charge in [0.2, 0.25) is 0 Å². The van der Waals surface area contributed by atoms with E-state index in [1.807, 2.05) is 0 Å². The van der Waals surface area contributed by atoms with E-state index < -0.39 is 11.5 Å². The Balaban J connectivity index is 2.35. The molecule has 0 spiro atoms. The van der Waals surface area contributed by atoms with Crippen LogP contribution < -0.4 is 21.3 Å². The Labute approximate surface area is 123 Å². The van der Waals surface area contributed by atoms with E-state index >= 15 is 0 Å². The average molecular weight is 308 g/mol. The molecule has 0 radical (unpaired) electrons. The Kier molecular flexibility index (Phi) is 3.94. The molecule has 110 valence electrons. The van der Waals surface area contributed by atoms with E-state index in [0.29, 0.717) is 0 Å². The van der Waals surface area contributed by atoms with Gasteiger partial charge in [0, 0.05) is 5.56 Å². The van der Waals surface area contributed by atoms with Gasteiger partial charge < -0.3 is 25.9 Å². The summed E-state index contributed by atoms with van der Waals surface area (Å²) in [4.78, 5) is 28.6. The van der Waals surface area contributed by atoms with Crippen molar-refractivity contribution in [3.05, 3.63) is 38.9 Å². The summed E-state index contributed by atoms with van der Waals surface area (Å²) in [7, 11) is 1.36. The Bertz CT molecular complexity index is 812. The Morgan fingerprint density at radius 3 is 2.76 bits per heavy atom. The number of amides is 1. The van der Waals surface area contributed by atoms with Crippen LogP contribution in [0.4, 0.5) is 11.5 Å². The van der Waals surface area contributed by atoms with E-state index in [9.17, 15) is 14.7 Å². The van der Waals surface area contributed by atoms with Crippen LogP contribution in [-0.2, 0) is 0 Å². The van der Waals surface area contributed by atoms with Crippen LogP contribution in [0.3, 0.4) is 0 Å². The highest BCUT2D eigenvalue weighted by atomic mass is 32.1. The third-order valence-electron chi connectivity index (χ3n) is 2.65. The van der Waals surface area contributed by atoms with Crippen LogP contribution in [0.25, 0.3) is 0 Å². The van der Waals surface area contributed by atoms with Crippen LogP contribution in [-0.4, -0.2) is 28.1 Å². The average Bonchev–Trinajstić information content (AvgIpc) is 2.43. The molecule has 1 aromatic carbocycles.